The lowest BCUT2D eigenvalue weighted by atomic mass is 10.1. The molecule has 0 amide bonds. The molecular weight excluding hydrogens is 206 g/mol. The van der Waals surface area contributed by atoms with Crippen molar-refractivity contribution in [3.05, 3.63) is 12.7 Å². The van der Waals surface area contributed by atoms with Gasteiger partial charge < -0.3 is 0 Å². The van der Waals surface area contributed by atoms with Crippen molar-refractivity contribution < 1.29 is 4.21 Å². The Hall–Kier alpha value is -0.150. The predicted molar refractivity (Wildman–Crippen MR) is 69.2 cm³/mol. The Balaban J connectivity index is 4.15. The fourth-order valence-corrected chi connectivity index (χ4v) is 2.08. The van der Waals surface area contributed by atoms with E-state index in [4.69, 9.17) is 0 Å². The smallest absolute Gasteiger partial charge is 0.0972 e. The van der Waals surface area contributed by atoms with Crippen LogP contribution in [0.2, 0.25) is 0 Å². The van der Waals surface area contributed by atoms with Crippen molar-refractivity contribution >= 4 is 11.0 Å². The first kappa shape index (κ1) is 14.8. The van der Waals surface area contributed by atoms with E-state index in [-0.39, 0.29) is 4.75 Å². The van der Waals surface area contributed by atoms with Gasteiger partial charge in [-0.25, -0.2) is 8.93 Å². The molecule has 0 aromatic rings. The quantitative estimate of drug-likeness (QED) is 0.670. The van der Waals surface area contributed by atoms with E-state index in [0.29, 0.717) is 6.04 Å². The highest BCUT2D eigenvalue weighted by Crippen LogP contribution is 2.12. The van der Waals surface area contributed by atoms with Gasteiger partial charge in [-0.3, -0.25) is 0 Å². The molecule has 3 heteroatoms. The average molecular weight is 231 g/mol. The minimum Gasteiger partial charge on any atom is -0.242 e. The summed E-state index contributed by atoms with van der Waals surface area (Å²) in [6.45, 7) is 11.9. The third-order valence-electron chi connectivity index (χ3n) is 2.19. The topological polar surface area (TPSA) is 29.1 Å². The summed E-state index contributed by atoms with van der Waals surface area (Å²) >= 11 is 0. The van der Waals surface area contributed by atoms with Crippen LogP contribution in [0.4, 0.5) is 0 Å². The highest BCUT2D eigenvalue weighted by molar-refractivity contribution is 7.84. The summed E-state index contributed by atoms with van der Waals surface area (Å²) in [5.74, 6) is 0. The number of rotatable bonds is 7. The van der Waals surface area contributed by atoms with E-state index in [1.165, 1.54) is 12.8 Å². The van der Waals surface area contributed by atoms with Crippen molar-refractivity contribution in [2.75, 3.05) is 0 Å². The molecular formula is C12H25NOS. The normalized spacial score (nSPS) is 16.0. The summed E-state index contributed by atoms with van der Waals surface area (Å²) in [6.07, 6.45) is 6.21. The zero-order valence-corrected chi connectivity index (χ0v) is 11.3. The van der Waals surface area contributed by atoms with E-state index in [9.17, 15) is 4.21 Å². The third kappa shape index (κ3) is 6.85. The Kier molecular flexibility index (Phi) is 7.11. The standard InChI is InChI=1S/C12H25NOS/c1-6-8-10-11(9-7-2)13-15(14)12(3,4)5/h7,11,13H,2,6,8-10H2,1,3-5H3. The Morgan fingerprint density at radius 1 is 1.47 bits per heavy atom. The number of unbranched alkanes of at least 4 members (excludes halogenated alkanes) is 1. The van der Waals surface area contributed by atoms with E-state index in [2.05, 4.69) is 18.2 Å². The van der Waals surface area contributed by atoms with Crippen molar-refractivity contribution in [1.29, 1.82) is 0 Å². The molecule has 0 aromatic heterocycles. The first-order valence-electron chi connectivity index (χ1n) is 5.70. The lowest BCUT2D eigenvalue weighted by Crippen LogP contribution is -2.39. The Morgan fingerprint density at radius 3 is 2.47 bits per heavy atom. The third-order valence-corrected chi connectivity index (χ3v) is 3.85. The molecule has 0 saturated heterocycles. The highest BCUT2D eigenvalue weighted by Gasteiger charge is 2.21. The molecule has 0 radical (unpaired) electrons. The van der Waals surface area contributed by atoms with Crippen molar-refractivity contribution in [2.45, 2.75) is 64.2 Å². The number of hydrogen-bond acceptors (Lipinski definition) is 1. The molecule has 0 aromatic carbocycles. The molecule has 0 aliphatic rings. The van der Waals surface area contributed by atoms with Gasteiger partial charge in [0.1, 0.15) is 0 Å². The summed E-state index contributed by atoms with van der Waals surface area (Å²) in [4.78, 5) is 0. The maximum atomic E-state index is 11.9. The van der Waals surface area contributed by atoms with Gasteiger partial charge in [-0.1, -0.05) is 25.8 Å². The van der Waals surface area contributed by atoms with Crippen LogP contribution >= 0.6 is 0 Å². The zero-order valence-electron chi connectivity index (χ0n) is 10.5. The Morgan fingerprint density at radius 2 is 2.07 bits per heavy atom. The lowest BCUT2D eigenvalue weighted by Gasteiger charge is -2.23. The van der Waals surface area contributed by atoms with Crippen LogP contribution in [0.15, 0.2) is 12.7 Å². The molecule has 2 nitrogen and oxygen atoms in total. The molecule has 2 unspecified atom stereocenters. The van der Waals surface area contributed by atoms with Crippen LogP contribution < -0.4 is 4.72 Å². The molecule has 0 aliphatic carbocycles. The van der Waals surface area contributed by atoms with Gasteiger partial charge in [-0.15, -0.1) is 6.58 Å². The number of nitrogens with one attached hydrogen (secondary N) is 1. The van der Waals surface area contributed by atoms with Gasteiger partial charge >= 0.3 is 0 Å². The van der Waals surface area contributed by atoms with Crippen LogP contribution in [-0.2, 0) is 11.0 Å². The van der Waals surface area contributed by atoms with Crippen molar-refractivity contribution in [3.8, 4) is 0 Å². The predicted octanol–water partition coefficient (Wildman–Crippen LogP) is 3.17. The summed E-state index contributed by atoms with van der Waals surface area (Å²) in [5.41, 5.74) is 0. The van der Waals surface area contributed by atoms with Crippen LogP contribution in [0.5, 0.6) is 0 Å². The molecule has 0 heterocycles. The van der Waals surface area contributed by atoms with Crippen LogP contribution in [0.1, 0.15) is 53.4 Å². The molecule has 0 saturated carbocycles. The van der Waals surface area contributed by atoms with Crippen LogP contribution in [0.3, 0.4) is 0 Å². The van der Waals surface area contributed by atoms with Gasteiger partial charge in [0.05, 0.1) is 15.7 Å². The van der Waals surface area contributed by atoms with Crippen LogP contribution in [-0.4, -0.2) is 15.0 Å². The SMILES string of the molecule is C=CCC(CCCC)NS(=O)C(C)(C)C. The molecule has 15 heavy (non-hydrogen) atoms. The van der Waals surface area contributed by atoms with Crippen molar-refractivity contribution in [1.82, 2.24) is 4.72 Å². The van der Waals surface area contributed by atoms with Crippen molar-refractivity contribution in [3.63, 3.8) is 0 Å². The molecule has 1 N–H and O–H groups in total. The molecule has 0 spiro atoms. The minimum absolute atomic E-state index is 0.189. The van der Waals surface area contributed by atoms with E-state index < -0.39 is 11.0 Å². The summed E-state index contributed by atoms with van der Waals surface area (Å²) in [6, 6.07) is 0.308. The second kappa shape index (κ2) is 7.18. The van der Waals surface area contributed by atoms with E-state index in [1.807, 2.05) is 26.8 Å². The number of hydrogen-bond donors (Lipinski definition) is 1. The fraction of sp³-hybridized carbons (Fsp3) is 0.833. The van der Waals surface area contributed by atoms with Crippen molar-refractivity contribution in [2.24, 2.45) is 0 Å². The molecule has 0 rings (SSSR count). The molecule has 0 fully saturated rings. The summed E-state index contributed by atoms with van der Waals surface area (Å²) < 4.78 is 14.9. The highest BCUT2D eigenvalue weighted by atomic mass is 32.2. The van der Waals surface area contributed by atoms with E-state index in [1.54, 1.807) is 0 Å². The largest absolute Gasteiger partial charge is 0.242 e. The maximum absolute atomic E-state index is 11.9. The molecule has 0 bridgehead atoms. The van der Waals surface area contributed by atoms with Crippen LogP contribution in [0.25, 0.3) is 0 Å². The monoisotopic (exact) mass is 231 g/mol. The Bertz CT molecular complexity index is 208. The second-order valence-corrected chi connectivity index (χ2v) is 6.86. The molecule has 0 aliphatic heterocycles. The van der Waals surface area contributed by atoms with Gasteiger partial charge in [-0.05, 0) is 33.6 Å². The van der Waals surface area contributed by atoms with Crippen LogP contribution in [0, 0.1) is 0 Å². The molecule has 90 valence electrons. The van der Waals surface area contributed by atoms with Gasteiger partial charge in [0.15, 0.2) is 0 Å². The van der Waals surface area contributed by atoms with Gasteiger partial charge in [0, 0.05) is 6.04 Å². The summed E-state index contributed by atoms with van der Waals surface area (Å²) in [7, 11) is -0.970. The fourth-order valence-electron chi connectivity index (χ4n) is 1.20. The maximum Gasteiger partial charge on any atom is 0.0972 e. The summed E-state index contributed by atoms with van der Waals surface area (Å²) in [5, 5.41) is 0. The van der Waals surface area contributed by atoms with E-state index >= 15 is 0 Å². The molecule has 2 atom stereocenters. The lowest BCUT2D eigenvalue weighted by molar-refractivity contribution is 0.532. The zero-order chi connectivity index (χ0) is 11.9. The van der Waals surface area contributed by atoms with Gasteiger partial charge in [0.25, 0.3) is 0 Å². The van der Waals surface area contributed by atoms with E-state index in [0.717, 1.165) is 12.8 Å². The van der Waals surface area contributed by atoms with Gasteiger partial charge in [-0.2, -0.15) is 0 Å². The second-order valence-electron chi connectivity index (χ2n) is 4.86. The minimum atomic E-state index is -0.970. The average Bonchev–Trinajstić information content (AvgIpc) is 2.13. The Labute approximate surface area is 97.1 Å². The first-order valence-corrected chi connectivity index (χ1v) is 6.85. The van der Waals surface area contributed by atoms with Gasteiger partial charge in [0.2, 0.25) is 0 Å². The first-order chi connectivity index (χ1) is 6.91.